The van der Waals surface area contributed by atoms with E-state index in [0.717, 1.165) is 32.9 Å². The molecular weight excluding hydrogens is 482 g/mol. The number of aromatic nitrogens is 1. The Morgan fingerprint density at radius 1 is 0.938 bits per heavy atom. The lowest BCUT2D eigenvalue weighted by Gasteiger charge is -2.11. The Hall–Kier alpha value is -2.31. The summed E-state index contributed by atoms with van der Waals surface area (Å²) in [4.78, 5) is 12.2. The number of hydrogen-bond donors (Lipinski definition) is 1. The second-order valence-electron chi connectivity index (χ2n) is 8.36. The molecule has 0 atom stereocenters. The van der Waals surface area contributed by atoms with Crippen LogP contribution in [0.5, 0.6) is 0 Å². The maximum atomic E-state index is 12.2. The van der Waals surface area contributed by atoms with E-state index in [4.69, 9.17) is 0 Å². The van der Waals surface area contributed by atoms with Gasteiger partial charge in [0.05, 0.1) is 12.0 Å². The molecule has 6 heteroatoms. The van der Waals surface area contributed by atoms with Gasteiger partial charge in [0, 0.05) is 32.9 Å². The van der Waals surface area contributed by atoms with Crippen molar-refractivity contribution in [3.05, 3.63) is 85.6 Å². The number of carbonyl (C=O) groups is 1. The Morgan fingerprint density at radius 2 is 1.50 bits per heavy atom. The number of amides is 1. The molecule has 0 radical (unpaired) electrons. The summed E-state index contributed by atoms with van der Waals surface area (Å²) in [6, 6.07) is 13.0. The molecule has 168 valence electrons. The molecule has 0 spiro atoms. The monoisotopic (exact) mass is 511 g/mol. The van der Waals surface area contributed by atoms with Crippen LogP contribution >= 0.6 is 27.7 Å². The van der Waals surface area contributed by atoms with Gasteiger partial charge in [-0.15, -0.1) is 11.8 Å². The lowest BCUT2D eigenvalue weighted by atomic mass is 10.1. The number of thioether (sulfide) groups is 1. The molecule has 3 aromatic rings. The molecule has 1 amide bonds. The van der Waals surface area contributed by atoms with Crippen LogP contribution in [0.4, 0.5) is 0 Å². The molecule has 4 nitrogen and oxygen atoms in total. The van der Waals surface area contributed by atoms with E-state index < -0.39 is 0 Å². The van der Waals surface area contributed by atoms with Gasteiger partial charge in [0.1, 0.15) is 0 Å². The summed E-state index contributed by atoms with van der Waals surface area (Å²) < 4.78 is 3.20. The van der Waals surface area contributed by atoms with Crippen molar-refractivity contribution in [2.45, 2.75) is 47.3 Å². The van der Waals surface area contributed by atoms with Crippen LogP contribution in [-0.2, 0) is 10.5 Å². The van der Waals surface area contributed by atoms with Crippen LogP contribution < -0.4 is 5.43 Å². The third-order valence-electron chi connectivity index (χ3n) is 5.25. The number of halogens is 1. The Kier molecular flexibility index (Phi) is 8.01. The number of rotatable bonds is 7. The first kappa shape index (κ1) is 24.3. The van der Waals surface area contributed by atoms with Crippen molar-refractivity contribution < 1.29 is 4.79 Å². The van der Waals surface area contributed by atoms with Gasteiger partial charge in [0.25, 0.3) is 0 Å². The molecule has 2 aromatic carbocycles. The first-order valence-corrected chi connectivity index (χ1v) is 12.5. The van der Waals surface area contributed by atoms with E-state index in [-0.39, 0.29) is 5.91 Å². The normalized spacial score (nSPS) is 11.3. The summed E-state index contributed by atoms with van der Waals surface area (Å²) in [6.07, 6.45) is 1.72. The van der Waals surface area contributed by atoms with E-state index in [9.17, 15) is 4.79 Å². The summed E-state index contributed by atoms with van der Waals surface area (Å²) in [5.74, 6) is 1.07. The predicted octanol–water partition coefficient (Wildman–Crippen LogP) is 6.47. The molecule has 3 rings (SSSR count). The fourth-order valence-corrected chi connectivity index (χ4v) is 5.38. The van der Waals surface area contributed by atoms with Crippen LogP contribution in [0.3, 0.4) is 0 Å². The molecule has 32 heavy (non-hydrogen) atoms. The number of nitrogens with zero attached hydrogens (tertiary/aromatic N) is 2. The third kappa shape index (κ3) is 5.93. The smallest absolute Gasteiger partial charge is 0.250 e. The lowest BCUT2D eigenvalue weighted by Crippen LogP contribution is -2.19. The van der Waals surface area contributed by atoms with Crippen molar-refractivity contribution >= 4 is 39.8 Å². The minimum absolute atomic E-state index is 0.102. The Bertz CT molecular complexity index is 1140. The van der Waals surface area contributed by atoms with Crippen LogP contribution in [0.1, 0.15) is 44.8 Å². The standard InChI is InChI=1S/C26H30BrN3OS/c1-16-7-17(2)10-22(9-16)14-32-15-25(31)29-28-13-24-20(5)30(21(6)26(24)27)23-11-18(3)8-19(4)12-23/h7-13H,14-15H2,1-6H3,(H,29,31)/b28-13-. The van der Waals surface area contributed by atoms with Crippen molar-refractivity contribution in [2.24, 2.45) is 5.10 Å². The van der Waals surface area contributed by atoms with E-state index in [1.807, 2.05) is 0 Å². The molecule has 1 heterocycles. The van der Waals surface area contributed by atoms with E-state index in [2.05, 4.69) is 109 Å². The van der Waals surface area contributed by atoms with Crippen molar-refractivity contribution in [1.82, 2.24) is 9.99 Å². The van der Waals surface area contributed by atoms with Gasteiger partial charge in [-0.1, -0.05) is 35.4 Å². The highest BCUT2D eigenvalue weighted by atomic mass is 79.9. The highest BCUT2D eigenvalue weighted by Gasteiger charge is 2.16. The average Bonchev–Trinajstić information content (AvgIpc) is 2.89. The molecule has 0 unspecified atom stereocenters. The summed E-state index contributed by atoms with van der Waals surface area (Å²) in [6.45, 7) is 12.5. The fraction of sp³-hybridized carbons (Fsp3) is 0.308. The summed E-state index contributed by atoms with van der Waals surface area (Å²) in [5.41, 5.74) is 13.1. The highest BCUT2D eigenvalue weighted by Crippen LogP contribution is 2.30. The van der Waals surface area contributed by atoms with Gasteiger partial charge in [-0.25, -0.2) is 5.43 Å². The number of hydrazone groups is 1. The van der Waals surface area contributed by atoms with E-state index in [0.29, 0.717) is 5.75 Å². The van der Waals surface area contributed by atoms with Gasteiger partial charge in [-0.05, 0) is 86.3 Å². The lowest BCUT2D eigenvalue weighted by molar-refractivity contribution is -0.118. The zero-order chi connectivity index (χ0) is 23.4. The topological polar surface area (TPSA) is 46.4 Å². The van der Waals surface area contributed by atoms with Crippen LogP contribution in [0.2, 0.25) is 0 Å². The van der Waals surface area contributed by atoms with Gasteiger partial charge in [-0.3, -0.25) is 4.79 Å². The van der Waals surface area contributed by atoms with Gasteiger partial charge in [0.2, 0.25) is 5.91 Å². The molecule has 0 aliphatic rings. The average molecular weight is 513 g/mol. The predicted molar refractivity (Wildman–Crippen MR) is 140 cm³/mol. The Balaban J connectivity index is 1.64. The maximum absolute atomic E-state index is 12.2. The van der Waals surface area contributed by atoms with E-state index >= 15 is 0 Å². The van der Waals surface area contributed by atoms with Crippen molar-refractivity contribution in [3.63, 3.8) is 0 Å². The number of carbonyl (C=O) groups excluding carboxylic acids is 1. The van der Waals surface area contributed by atoms with Crippen LogP contribution in [0.15, 0.2) is 46.0 Å². The zero-order valence-electron chi connectivity index (χ0n) is 19.5. The molecule has 0 saturated heterocycles. The SMILES string of the molecule is Cc1cc(C)cc(CSCC(=O)N/N=C\c2c(Br)c(C)n(-c3cc(C)cc(C)c3)c2C)c1. The van der Waals surface area contributed by atoms with Crippen molar-refractivity contribution in [1.29, 1.82) is 0 Å². The largest absolute Gasteiger partial charge is 0.317 e. The first-order valence-electron chi connectivity index (χ1n) is 10.6. The number of nitrogens with one attached hydrogen (secondary N) is 1. The number of benzene rings is 2. The van der Waals surface area contributed by atoms with Crippen LogP contribution in [-0.4, -0.2) is 22.4 Å². The molecular formula is C26H30BrN3OS. The molecule has 1 aromatic heterocycles. The number of aryl methyl sites for hydroxylation is 4. The first-order chi connectivity index (χ1) is 15.2. The van der Waals surface area contributed by atoms with Gasteiger partial charge in [-0.2, -0.15) is 5.10 Å². The fourth-order valence-electron chi connectivity index (χ4n) is 4.06. The molecule has 0 fully saturated rings. The second kappa shape index (κ2) is 10.5. The Labute approximate surface area is 203 Å². The van der Waals surface area contributed by atoms with E-state index in [1.165, 1.54) is 27.8 Å². The Morgan fingerprint density at radius 3 is 2.09 bits per heavy atom. The van der Waals surface area contributed by atoms with Crippen LogP contribution in [0, 0.1) is 41.5 Å². The van der Waals surface area contributed by atoms with Gasteiger partial charge >= 0.3 is 0 Å². The minimum atomic E-state index is -0.102. The number of hydrogen-bond acceptors (Lipinski definition) is 3. The van der Waals surface area contributed by atoms with Gasteiger partial charge in [0.15, 0.2) is 0 Å². The summed E-state index contributed by atoms with van der Waals surface area (Å²) in [7, 11) is 0. The molecule has 0 aliphatic heterocycles. The van der Waals surface area contributed by atoms with E-state index in [1.54, 1.807) is 18.0 Å². The molecule has 0 bridgehead atoms. The quantitative estimate of drug-likeness (QED) is 0.291. The highest BCUT2D eigenvalue weighted by molar-refractivity contribution is 9.10. The molecule has 1 N–H and O–H groups in total. The third-order valence-corrected chi connectivity index (χ3v) is 7.25. The molecule has 0 saturated carbocycles. The molecule has 0 aliphatic carbocycles. The van der Waals surface area contributed by atoms with Crippen LogP contribution in [0.25, 0.3) is 5.69 Å². The zero-order valence-corrected chi connectivity index (χ0v) is 21.9. The summed E-state index contributed by atoms with van der Waals surface area (Å²) in [5, 5.41) is 4.22. The minimum Gasteiger partial charge on any atom is -0.317 e. The van der Waals surface area contributed by atoms with Gasteiger partial charge < -0.3 is 4.57 Å². The van der Waals surface area contributed by atoms with Crippen molar-refractivity contribution in [3.8, 4) is 5.69 Å². The summed E-state index contributed by atoms with van der Waals surface area (Å²) >= 11 is 5.30. The maximum Gasteiger partial charge on any atom is 0.250 e. The van der Waals surface area contributed by atoms with Crippen molar-refractivity contribution in [2.75, 3.05) is 5.75 Å². The second-order valence-corrected chi connectivity index (χ2v) is 10.1.